The smallest absolute Gasteiger partial charge is 0.329 e. The SMILES string of the molecule is CCCOCCc1nnc(COCC(=O)O)o1. The second kappa shape index (κ2) is 7.75. The molecule has 0 aliphatic rings. The van der Waals surface area contributed by atoms with E-state index in [0.717, 1.165) is 6.42 Å². The number of nitrogens with zero attached hydrogens (tertiary/aromatic N) is 2. The van der Waals surface area contributed by atoms with Crippen molar-refractivity contribution in [2.24, 2.45) is 0 Å². The van der Waals surface area contributed by atoms with Crippen LogP contribution in [0.5, 0.6) is 0 Å². The lowest BCUT2D eigenvalue weighted by Gasteiger charge is -1.98. The van der Waals surface area contributed by atoms with Crippen LogP contribution >= 0.6 is 0 Å². The van der Waals surface area contributed by atoms with Gasteiger partial charge in [-0.3, -0.25) is 0 Å². The maximum Gasteiger partial charge on any atom is 0.329 e. The van der Waals surface area contributed by atoms with Crippen LogP contribution in [0.25, 0.3) is 0 Å². The molecular formula is C10H16N2O5. The van der Waals surface area contributed by atoms with Gasteiger partial charge in [-0.05, 0) is 6.42 Å². The summed E-state index contributed by atoms with van der Waals surface area (Å²) < 4.78 is 15.3. The van der Waals surface area contributed by atoms with Crippen molar-refractivity contribution in [3.05, 3.63) is 11.8 Å². The molecule has 7 heteroatoms. The van der Waals surface area contributed by atoms with Crippen LogP contribution in [0.2, 0.25) is 0 Å². The van der Waals surface area contributed by atoms with Gasteiger partial charge in [0.25, 0.3) is 0 Å². The van der Waals surface area contributed by atoms with Crippen molar-refractivity contribution in [2.45, 2.75) is 26.4 Å². The molecule has 0 aliphatic heterocycles. The van der Waals surface area contributed by atoms with E-state index in [9.17, 15) is 4.79 Å². The molecule has 0 radical (unpaired) electrons. The number of ether oxygens (including phenoxy) is 2. The third-order valence-electron chi connectivity index (χ3n) is 1.77. The molecule has 0 unspecified atom stereocenters. The van der Waals surface area contributed by atoms with Crippen molar-refractivity contribution in [1.82, 2.24) is 10.2 Å². The van der Waals surface area contributed by atoms with Crippen molar-refractivity contribution in [2.75, 3.05) is 19.8 Å². The van der Waals surface area contributed by atoms with Crippen LogP contribution in [0, 0.1) is 0 Å². The van der Waals surface area contributed by atoms with Crippen molar-refractivity contribution in [1.29, 1.82) is 0 Å². The van der Waals surface area contributed by atoms with E-state index in [1.165, 1.54) is 0 Å². The number of carbonyl (C=O) groups is 1. The summed E-state index contributed by atoms with van der Waals surface area (Å²) in [5.74, 6) is -0.288. The first-order valence-corrected chi connectivity index (χ1v) is 5.41. The number of rotatable bonds is 9. The second-order valence-corrected chi connectivity index (χ2v) is 3.34. The standard InChI is InChI=1S/C10H16N2O5/c1-2-4-15-5-3-8-11-12-9(17-8)6-16-7-10(13)14/h2-7H2,1H3,(H,13,14). The highest BCUT2D eigenvalue weighted by Gasteiger charge is 2.06. The molecule has 1 N–H and O–H groups in total. The molecule has 0 saturated carbocycles. The summed E-state index contributed by atoms with van der Waals surface area (Å²) >= 11 is 0. The molecule has 0 spiro atoms. The Balaban J connectivity index is 2.20. The number of carboxylic acids is 1. The van der Waals surface area contributed by atoms with Crippen LogP contribution in [0.4, 0.5) is 0 Å². The summed E-state index contributed by atoms with van der Waals surface area (Å²) in [5, 5.41) is 15.9. The Bertz CT molecular complexity index is 339. The highest BCUT2D eigenvalue weighted by molar-refractivity contribution is 5.67. The average Bonchev–Trinajstić information content (AvgIpc) is 2.72. The fourth-order valence-electron chi connectivity index (χ4n) is 1.08. The van der Waals surface area contributed by atoms with Crippen LogP contribution in [0.15, 0.2) is 4.42 Å². The molecule has 0 atom stereocenters. The first-order valence-electron chi connectivity index (χ1n) is 5.41. The monoisotopic (exact) mass is 244 g/mol. The summed E-state index contributed by atoms with van der Waals surface area (Å²) in [4.78, 5) is 10.2. The van der Waals surface area contributed by atoms with E-state index >= 15 is 0 Å². The summed E-state index contributed by atoms with van der Waals surface area (Å²) in [7, 11) is 0. The molecule has 17 heavy (non-hydrogen) atoms. The fourth-order valence-corrected chi connectivity index (χ4v) is 1.08. The third kappa shape index (κ3) is 5.98. The number of hydrogen-bond acceptors (Lipinski definition) is 6. The Labute approximate surface area is 98.7 Å². The van der Waals surface area contributed by atoms with Crippen LogP contribution in [-0.2, 0) is 27.3 Å². The number of carboxylic acid groups (broad SMARTS) is 1. The van der Waals surface area contributed by atoms with E-state index < -0.39 is 5.97 Å². The molecule has 0 amide bonds. The lowest BCUT2D eigenvalue weighted by molar-refractivity contribution is -0.142. The Kier molecular flexibility index (Phi) is 6.19. The van der Waals surface area contributed by atoms with E-state index in [2.05, 4.69) is 10.2 Å². The minimum Gasteiger partial charge on any atom is -0.480 e. The zero-order valence-electron chi connectivity index (χ0n) is 9.72. The van der Waals surface area contributed by atoms with Gasteiger partial charge in [-0.15, -0.1) is 10.2 Å². The van der Waals surface area contributed by atoms with Crippen LogP contribution in [-0.4, -0.2) is 41.1 Å². The first kappa shape index (κ1) is 13.6. The van der Waals surface area contributed by atoms with Crippen molar-refractivity contribution in [3.8, 4) is 0 Å². The zero-order valence-corrected chi connectivity index (χ0v) is 9.72. The molecule has 0 saturated heterocycles. The predicted octanol–water partition coefficient (Wildman–Crippen LogP) is 0.640. The minimum absolute atomic E-state index is 0.00904. The van der Waals surface area contributed by atoms with Gasteiger partial charge in [0.2, 0.25) is 11.8 Å². The minimum atomic E-state index is -1.03. The topological polar surface area (TPSA) is 94.7 Å². The average molecular weight is 244 g/mol. The van der Waals surface area contributed by atoms with Crippen molar-refractivity contribution >= 4 is 5.97 Å². The van der Waals surface area contributed by atoms with Gasteiger partial charge in [0, 0.05) is 13.0 Å². The summed E-state index contributed by atoms with van der Waals surface area (Å²) in [5.41, 5.74) is 0. The van der Waals surface area contributed by atoms with E-state index in [0.29, 0.717) is 25.5 Å². The Morgan fingerprint density at radius 3 is 2.76 bits per heavy atom. The normalized spacial score (nSPS) is 10.6. The number of aromatic nitrogens is 2. The van der Waals surface area contributed by atoms with Crippen LogP contribution in [0.3, 0.4) is 0 Å². The van der Waals surface area contributed by atoms with Gasteiger partial charge in [0.1, 0.15) is 13.2 Å². The highest BCUT2D eigenvalue weighted by atomic mass is 16.5. The van der Waals surface area contributed by atoms with E-state index in [4.69, 9.17) is 19.0 Å². The lowest BCUT2D eigenvalue weighted by atomic mass is 10.4. The molecule has 0 aromatic carbocycles. The highest BCUT2D eigenvalue weighted by Crippen LogP contribution is 2.02. The summed E-state index contributed by atoms with van der Waals surface area (Å²) in [6.07, 6.45) is 1.52. The van der Waals surface area contributed by atoms with E-state index in [1.807, 2.05) is 6.92 Å². The molecule has 1 rings (SSSR count). The first-order chi connectivity index (χ1) is 8.22. The molecular weight excluding hydrogens is 228 g/mol. The summed E-state index contributed by atoms with van der Waals surface area (Å²) in [6.45, 7) is 2.91. The molecule has 1 aromatic heterocycles. The predicted molar refractivity (Wildman–Crippen MR) is 56.4 cm³/mol. The third-order valence-corrected chi connectivity index (χ3v) is 1.77. The quantitative estimate of drug-likeness (QED) is 0.637. The lowest BCUT2D eigenvalue weighted by Crippen LogP contribution is -2.06. The number of aliphatic carboxylic acids is 1. The molecule has 0 fully saturated rings. The molecule has 0 aliphatic carbocycles. The van der Waals surface area contributed by atoms with Crippen LogP contribution in [0.1, 0.15) is 25.1 Å². The molecule has 1 aromatic rings. The van der Waals surface area contributed by atoms with Gasteiger partial charge in [0.05, 0.1) is 6.61 Å². The van der Waals surface area contributed by atoms with Crippen LogP contribution < -0.4 is 0 Å². The molecule has 96 valence electrons. The van der Waals surface area contributed by atoms with Gasteiger partial charge in [0.15, 0.2) is 0 Å². The van der Waals surface area contributed by atoms with Crippen molar-refractivity contribution < 1.29 is 23.8 Å². The molecule has 1 heterocycles. The number of hydrogen-bond donors (Lipinski definition) is 1. The maximum absolute atomic E-state index is 10.2. The Morgan fingerprint density at radius 1 is 1.29 bits per heavy atom. The fraction of sp³-hybridized carbons (Fsp3) is 0.700. The summed E-state index contributed by atoms with van der Waals surface area (Å²) in [6, 6.07) is 0. The van der Waals surface area contributed by atoms with Gasteiger partial charge in [-0.25, -0.2) is 4.79 Å². The molecule has 7 nitrogen and oxygen atoms in total. The van der Waals surface area contributed by atoms with Gasteiger partial charge < -0.3 is 19.0 Å². The molecule has 0 bridgehead atoms. The van der Waals surface area contributed by atoms with Gasteiger partial charge >= 0.3 is 5.97 Å². The second-order valence-electron chi connectivity index (χ2n) is 3.34. The zero-order chi connectivity index (χ0) is 12.5. The van der Waals surface area contributed by atoms with E-state index in [-0.39, 0.29) is 19.1 Å². The van der Waals surface area contributed by atoms with Gasteiger partial charge in [-0.2, -0.15) is 0 Å². The largest absolute Gasteiger partial charge is 0.480 e. The maximum atomic E-state index is 10.2. The van der Waals surface area contributed by atoms with E-state index in [1.54, 1.807) is 0 Å². The van der Waals surface area contributed by atoms with Gasteiger partial charge in [-0.1, -0.05) is 6.92 Å². The Hall–Kier alpha value is -1.47. The van der Waals surface area contributed by atoms with Crippen molar-refractivity contribution in [3.63, 3.8) is 0 Å². The Morgan fingerprint density at radius 2 is 2.06 bits per heavy atom.